The third kappa shape index (κ3) is 2.81. The van der Waals surface area contributed by atoms with E-state index in [1.54, 1.807) is 12.1 Å². The quantitative estimate of drug-likeness (QED) is 0.785. The zero-order chi connectivity index (χ0) is 10.6. The van der Waals surface area contributed by atoms with Crippen molar-refractivity contribution in [3.8, 4) is 0 Å². The normalized spacial score (nSPS) is 11.7. The Hall–Kier alpha value is -0.890. The van der Waals surface area contributed by atoms with Crippen molar-refractivity contribution in [3.05, 3.63) is 35.6 Å². The maximum Gasteiger partial charge on any atom is 0.123 e. The molecule has 0 unspecified atom stereocenters. The van der Waals surface area contributed by atoms with Gasteiger partial charge in [-0.05, 0) is 37.0 Å². The third-order valence-electron chi connectivity index (χ3n) is 2.85. The van der Waals surface area contributed by atoms with Gasteiger partial charge in [-0.25, -0.2) is 4.39 Å². The lowest BCUT2D eigenvalue weighted by Gasteiger charge is -2.26. The third-order valence-corrected chi connectivity index (χ3v) is 2.85. The van der Waals surface area contributed by atoms with Crippen molar-refractivity contribution in [1.29, 1.82) is 0 Å². The van der Waals surface area contributed by atoms with Crippen molar-refractivity contribution in [2.75, 3.05) is 0 Å². The van der Waals surface area contributed by atoms with Crippen LogP contribution in [0.3, 0.4) is 0 Å². The second-order valence-corrected chi connectivity index (χ2v) is 3.88. The SMILES string of the molecule is CCC(N)(CC)Cc1cccc(F)c1. The van der Waals surface area contributed by atoms with E-state index >= 15 is 0 Å². The van der Waals surface area contributed by atoms with Gasteiger partial charge in [0.25, 0.3) is 0 Å². The summed E-state index contributed by atoms with van der Waals surface area (Å²) in [5.74, 6) is -0.183. The molecule has 14 heavy (non-hydrogen) atoms. The van der Waals surface area contributed by atoms with Gasteiger partial charge in [0.2, 0.25) is 0 Å². The van der Waals surface area contributed by atoms with Gasteiger partial charge in [0.1, 0.15) is 5.82 Å². The first-order valence-electron chi connectivity index (χ1n) is 5.13. The van der Waals surface area contributed by atoms with Crippen LogP contribution in [0.1, 0.15) is 32.3 Å². The number of nitrogens with two attached hydrogens (primary N) is 1. The van der Waals surface area contributed by atoms with E-state index in [9.17, 15) is 4.39 Å². The van der Waals surface area contributed by atoms with E-state index in [1.165, 1.54) is 6.07 Å². The minimum Gasteiger partial charge on any atom is -0.325 e. The molecule has 0 atom stereocenters. The van der Waals surface area contributed by atoms with Crippen LogP contribution in [0.5, 0.6) is 0 Å². The van der Waals surface area contributed by atoms with Crippen molar-refractivity contribution in [1.82, 2.24) is 0 Å². The van der Waals surface area contributed by atoms with Crippen LogP contribution in [0, 0.1) is 5.82 Å². The van der Waals surface area contributed by atoms with E-state index in [-0.39, 0.29) is 11.4 Å². The highest BCUT2D eigenvalue weighted by Crippen LogP contribution is 2.18. The summed E-state index contributed by atoms with van der Waals surface area (Å²) in [5.41, 5.74) is 6.95. The molecule has 0 aliphatic heterocycles. The second kappa shape index (κ2) is 4.56. The summed E-state index contributed by atoms with van der Waals surface area (Å²) < 4.78 is 12.9. The topological polar surface area (TPSA) is 26.0 Å². The molecule has 0 aliphatic carbocycles. The molecular formula is C12H18FN. The molecule has 1 aromatic carbocycles. The number of hydrogen-bond donors (Lipinski definition) is 1. The molecular weight excluding hydrogens is 177 g/mol. The van der Waals surface area contributed by atoms with Crippen molar-refractivity contribution < 1.29 is 4.39 Å². The molecule has 0 spiro atoms. The molecule has 2 heteroatoms. The van der Waals surface area contributed by atoms with E-state index in [4.69, 9.17) is 5.73 Å². The van der Waals surface area contributed by atoms with Crippen molar-refractivity contribution >= 4 is 0 Å². The highest BCUT2D eigenvalue weighted by atomic mass is 19.1. The van der Waals surface area contributed by atoms with Crippen LogP contribution in [0.15, 0.2) is 24.3 Å². The fourth-order valence-corrected chi connectivity index (χ4v) is 1.55. The first-order valence-corrected chi connectivity index (χ1v) is 5.13. The zero-order valence-corrected chi connectivity index (χ0v) is 8.89. The van der Waals surface area contributed by atoms with E-state index in [1.807, 2.05) is 6.07 Å². The summed E-state index contributed by atoms with van der Waals surface area (Å²) in [5, 5.41) is 0. The van der Waals surface area contributed by atoms with Crippen molar-refractivity contribution in [2.45, 2.75) is 38.6 Å². The van der Waals surface area contributed by atoms with Gasteiger partial charge in [-0.2, -0.15) is 0 Å². The first-order chi connectivity index (χ1) is 6.59. The number of hydrogen-bond acceptors (Lipinski definition) is 1. The zero-order valence-electron chi connectivity index (χ0n) is 8.89. The highest BCUT2D eigenvalue weighted by Gasteiger charge is 2.20. The van der Waals surface area contributed by atoms with Gasteiger partial charge in [-0.15, -0.1) is 0 Å². The molecule has 1 rings (SSSR count). The lowest BCUT2D eigenvalue weighted by Crippen LogP contribution is -2.40. The summed E-state index contributed by atoms with van der Waals surface area (Å²) in [7, 11) is 0. The van der Waals surface area contributed by atoms with Gasteiger partial charge in [0.05, 0.1) is 0 Å². The smallest absolute Gasteiger partial charge is 0.123 e. The Morgan fingerprint density at radius 3 is 2.43 bits per heavy atom. The summed E-state index contributed by atoms with van der Waals surface area (Å²) in [6.45, 7) is 4.14. The van der Waals surface area contributed by atoms with Crippen LogP contribution in [0.25, 0.3) is 0 Å². The predicted molar refractivity (Wildman–Crippen MR) is 57.6 cm³/mol. The molecule has 1 nitrogen and oxygen atoms in total. The van der Waals surface area contributed by atoms with Gasteiger partial charge >= 0.3 is 0 Å². The Bertz CT molecular complexity index is 292. The van der Waals surface area contributed by atoms with Crippen molar-refractivity contribution in [3.63, 3.8) is 0 Å². The van der Waals surface area contributed by atoms with Gasteiger partial charge in [-0.1, -0.05) is 26.0 Å². The van der Waals surface area contributed by atoms with Gasteiger partial charge in [-0.3, -0.25) is 0 Å². The van der Waals surface area contributed by atoms with Crippen LogP contribution in [0.4, 0.5) is 4.39 Å². The second-order valence-electron chi connectivity index (χ2n) is 3.88. The largest absolute Gasteiger partial charge is 0.325 e. The molecule has 78 valence electrons. The van der Waals surface area contributed by atoms with Gasteiger partial charge < -0.3 is 5.73 Å². The minimum atomic E-state index is -0.187. The average molecular weight is 195 g/mol. The van der Waals surface area contributed by atoms with Crippen LogP contribution in [-0.2, 0) is 6.42 Å². The van der Waals surface area contributed by atoms with E-state index < -0.39 is 0 Å². The van der Waals surface area contributed by atoms with Gasteiger partial charge in [0, 0.05) is 5.54 Å². The molecule has 0 bridgehead atoms. The van der Waals surface area contributed by atoms with Gasteiger partial charge in [0.15, 0.2) is 0 Å². The summed E-state index contributed by atoms with van der Waals surface area (Å²) in [4.78, 5) is 0. The summed E-state index contributed by atoms with van der Waals surface area (Å²) in [6.07, 6.45) is 2.58. The minimum absolute atomic E-state index is 0.183. The molecule has 0 aliphatic rings. The van der Waals surface area contributed by atoms with Crippen LogP contribution >= 0.6 is 0 Å². The Morgan fingerprint density at radius 1 is 1.29 bits per heavy atom. The molecule has 0 saturated heterocycles. The lowest BCUT2D eigenvalue weighted by molar-refractivity contribution is 0.392. The highest BCUT2D eigenvalue weighted by molar-refractivity contribution is 5.18. The molecule has 0 fully saturated rings. The number of benzene rings is 1. The molecule has 0 saturated carbocycles. The average Bonchev–Trinajstić information content (AvgIpc) is 2.18. The standard InChI is InChI=1S/C12H18FN/c1-3-12(14,4-2)9-10-6-5-7-11(13)8-10/h5-8H,3-4,9,14H2,1-2H3. The molecule has 1 aromatic rings. The molecule has 0 heterocycles. The Balaban J connectivity index is 2.77. The summed E-state index contributed by atoms with van der Waals surface area (Å²) in [6, 6.07) is 6.68. The Labute approximate surface area is 85.1 Å². The fraction of sp³-hybridized carbons (Fsp3) is 0.500. The van der Waals surface area contributed by atoms with E-state index in [0.29, 0.717) is 0 Å². The monoisotopic (exact) mass is 195 g/mol. The van der Waals surface area contributed by atoms with E-state index in [0.717, 1.165) is 24.8 Å². The maximum atomic E-state index is 12.9. The maximum absolute atomic E-state index is 12.9. The van der Waals surface area contributed by atoms with Crippen molar-refractivity contribution in [2.24, 2.45) is 5.73 Å². The molecule has 0 aromatic heterocycles. The Kier molecular flexibility index (Phi) is 3.64. The van der Waals surface area contributed by atoms with Crippen LogP contribution in [0.2, 0.25) is 0 Å². The van der Waals surface area contributed by atoms with E-state index in [2.05, 4.69) is 13.8 Å². The predicted octanol–water partition coefficient (Wildman–Crippen LogP) is 2.89. The summed E-state index contributed by atoms with van der Waals surface area (Å²) >= 11 is 0. The lowest BCUT2D eigenvalue weighted by atomic mass is 9.87. The first kappa shape index (κ1) is 11.2. The molecule has 0 radical (unpaired) electrons. The molecule has 0 amide bonds. The Morgan fingerprint density at radius 2 is 1.93 bits per heavy atom. The molecule has 2 N–H and O–H groups in total. The fourth-order valence-electron chi connectivity index (χ4n) is 1.55. The number of rotatable bonds is 4. The van der Waals surface area contributed by atoms with Crippen LogP contribution < -0.4 is 5.73 Å². The van der Waals surface area contributed by atoms with Crippen LogP contribution in [-0.4, -0.2) is 5.54 Å². The number of halogens is 1.